The van der Waals surface area contributed by atoms with Crippen LogP contribution in [-0.2, 0) is 6.42 Å². The first-order valence-electron chi connectivity index (χ1n) is 8.47. The molecule has 3 aromatic carbocycles. The van der Waals surface area contributed by atoms with Gasteiger partial charge in [-0.3, -0.25) is 0 Å². The van der Waals surface area contributed by atoms with Gasteiger partial charge in [-0.25, -0.2) is 0 Å². The van der Waals surface area contributed by atoms with E-state index in [2.05, 4.69) is 73.3 Å². The predicted molar refractivity (Wildman–Crippen MR) is 106 cm³/mol. The fourth-order valence-corrected chi connectivity index (χ4v) is 5.39. The van der Waals surface area contributed by atoms with Crippen LogP contribution in [-0.4, -0.2) is 0 Å². The Kier molecular flexibility index (Phi) is 3.11. The molecular formula is C23H18S. The van der Waals surface area contributed by atoms with Crippen LogP contribution in [0.3, 0.4) is 0 Å². The Balaban J connectivity index is 1.69. The van der Waals surface area contributed by atoms with Crippen LogP contribution in [0, 0.1) is 0 Å². The van der Waals surface area contributed by atoms with E-state index in [1.54, 1.807) is 0 Å². The van der Waals surface area contributed by atoms with E-state index in [0.29, 0.717) is 5.92 Å². The van der Waals surface area contributed by atoms with E-state index >= 15 is 0 Å². The molecule has 1 heteroatoms. The molecule has 1 atom stereocenters. The van der Waals surface area contributed by atoms with Crippen LogP contribution in [0.2, 0.25) is 0 Å². The molecule has 4 aromatic rings. The summed E-state index contributed by atoms with van der Waals surface area (Å²) >= 11 is 1.93. The number of hydrogen-bond donors (Lipinski definition) is 0. The zero-order valence-corrected chi connectivity index (χ0v) is 14.3. The molecule has 5 rings (SSSR count). The monoisotopic (exact) mass is 326 g/mol. The van der Waals surface area contributed by atoms with Crippen LogP contribution in [0.1, 0.15) is 29.0 Å². The molecule has 0 aliphatic heterocycles. The Morgan fingerprint density at radius 1 is 0.792 bits per heavy atom. The second kappa shape index (κ2) is 5.32. The van der Waals surface area contributed by atoms with Gasteiger partial charge in [0.25, 0.3) is 0 Å². The average Bonchev–Trinajstić information content (AvgIpc) is 3.00. The van der Waals surface area contributed by atoms with E-state index in [-0.39, 0.29) is 0 Å². The molecule has 1 aliphatic carbocycles. The lowest BCUT2D eigenvalue weighted by atomic mass is 9.78. The van der Waals surface area contributed by atoms with Crippen LogP contribution >= 0.6 is 11.3 Å². The first-order valence-corrected chi connectivity index (χ1v) is 9.29. The molecule has 116 valence electrons. The number of thiophene rings is 1. The predicted octanol–water partition coefficient (Wildman–Crippen LogP) is 6.80. The standard InChI is InChI=1S/C23H18S/c1-15-13-17(14-16-7-2-3-8-18(15)16)19-10-6-11-21-20-9-4-5-12-22(20)24-23(19)21/h2-12,17H,1,13-14H2. The van der Waals surface area contributed by atoms with Crippen molar-refractivity contribution in [2.75, 3.05) is 0 Å². The molecule has 0 amide bonds. The quantitative estimate of drug-likeness (QED) is 0.361. The average molecular weight is 326 g/mol. The van der Waals surface area contributed by atoms with Gasteiger partial charge in [0.15, 0.2) is 0 Å². The summed E-state index contributed by atoms with van der Waals surface area (Å²) in [5.41, 5.74) is 5.57. The zero-order chi connectivity index (χ0) is 16.1. The van der Waals surface area contributed by atoms with E-state index in [4.69, 9.17) is 0 Å². The second-order valence-corrected chi connectivity index (χ2v) is 7.74. The van der Waals surface area contributed by atoms with Gasteiger partial charge in [-0.15, -0.1) is 11.3 Å². The highest BCUT2D eigenvalue weighted by molar-refractivity contribution is 7.26. The largest absolute Gasteiger partial charge is 0.135 e. The van der Waals surface area contributed by atoms with Crippen molar-refractivity contribution in [3.8, 4) is 0 Å². The maximum atomic E-state index is 4.36. The maximum Gasteiger partial charge on any atom is 0.0390 e. The summed E-state index contributed by atoms with van der Waals surface area (Å²) in [5, 5.41) is 2.78. The van der Waals surface area contributed by atoms with Gasteiger partial charge in [0.05, 0.1) is 0 Å². The van der Waals surface area contributed by atoms with E-state index < -0.39 is 0 Å². The highest BCUT2D eigenvalue weighted by Crippen LogP contribution is 2.44. The van der Waals surface area contributed by atoms with Crippen LogP contribution in [0.15, 0.2) is 73.3 Å². The van der Waals surface area contributed by atoms with Gasteiger partial charge in [0.1, 0.15) is 0 Å². The summed E-state index contributed by atoms with van der Waals surface area (Å²) in [7, 11) is 0. The lowest BCUT2D eigenvalue weighted by Gasteiger charge is -2.27. The van der Waals surface area contributed by atoms with Crippen molar-refractivity contribution in [3.63, 3.8) is 0 Å². The molecule has 0 N–H and O–H groups in total. The second-order valence-electron chi connectivity index (χ2n) is 6.69. The van der Waals surface area contributed by atoms with E-state index in [0.717, 1.165) is 12.8 Å². The maximum absolute atomic E-state index is 4.36. The Hall–Kier alpha value is -2.38. The van der Waals surface area contributed by atoms with E-state index in [1.807, 2.05) is 11.3 Å². The molecule has 0 radical (unpaired) electrons. The van der Waals surface area contributed by atoms with Crippen molar-refractivity contribution in [2.45, 2.75) is 18.8 Å². The number of rotatable bonds is 1. The van der Waals surface area contributed by atoms with Crippen LogP contribution < -0.4 is 0 Å². The molecule has 24 heavy (non-hydrogen) atoms. The molecule has 1 aromatic heterocycles. The molecule has 0 spiro atoms. The first kappa shape index (κ1) is 14.0. The number of benzene rings is 3. The summed E-state index contributed by atoms with van der Waals surface area (Å²) in [6.07, 6.45) is 2.17. The van der Waals surface area contributed by atoms with Gasteiger partial charge in [-0.1, -0.05) is 67.2 Å². The molecule has 0 bridgehead atoms. The van der Waals surface area contributed by atoms with Gasteiger partial charge in [-0.05, 0) is 47.1 Å². The molecule has 0 nitrogen and oxygen atoms in total. The molecule has 1 unspecified atom stereocenters. The van der Waals surface area contributed by atoms with Gasteiger partial charge in [0, 0.05) is 20.2 Å². The lowest BCUT2D eigenvalue weighted by Crippen LogP contribution is -2.11. The van der Waals surface area contributed by atoms with Crippen LogP contribution in [0.5, 0.6) is 0 Å². The fourth-order valence-electron chi connectivity index (χ4n) is 4.10. The zero-order valence-electron chi connectivity index (χ0n) is 13.5. The Labute approximate surface area is 146 Å². The van der Waals surface area contributed by atoms with E-state index in [9.17, 15) is 0 Å². The minimum absolute atomic E-state index is 0.532. The summed E-state index contributed by atoms with van der Waals surface area (Å²) in [4.78, 5) is 0. The summed E-state index contributed by atoms with van der Waals surface area (Å²) in [6, 6.07) is 24.3. The van der Waals surface area contributed by atoms with Crippen molar-refractivity contribution in [2.24, 2.45) is 0 Å². The summed E-state index contributed by atoms with van der Waals surface area (Å²) in [5.74, 6) is 0.532. The van der Waals surface area contributed by atoms with Gasteiger partial charge >= 0.3 is 0 Å². The molecule has 1 heterocycles. The highest BCUT2D eigenvalue weighted by Gasteiger charge is 2.24. The number of allylic oxidation sites excluding steroid dienone is 1. The van der Waals surface area contributed by atoms with Crippen molar-refractivity contribution in [1.82, 2.24) is 0 Å². The van der Waals surface area contributed by atoms with E-state index in [1.165, 1.54) is 42.4 Å². The number of fused-ring (bicyclic) bond motifs is 4. The molecule has 1 aliphatic rings. The molecule has 0 saturated heterocycles. The third-order valence-electron chi connectivity index (χ3n) is 5.23. The minimum Gasteiger partial charge on any atom is -0.135 e. The van der Waals surface area contributed by atoms with Crippen molar-refractivity contribution < 1.29 is 0 Å². The molecule has 0 fully saturated rings. The van der Waals surface area contributed by atoms with Crippen molar-refractivity contribution in [3.05, 3.63) is 90.0 Å². The van der Waals surface area contributed by atoms with Crippen molar-refractivity contribution >= 4 is 37.1 Å². The van der Waals surface area contributed by atoms with Crippen LogP contribution in [0.4, 0.5) is 0 Å². The summed E-state index contributed by atoms with van der Waals surface area (Å²) in [6.45, 7) is 4.36. The van der Waals surface area contributed by atoms with Crippen LogP contribution in [0.25, 0.3) is 25.7 Å². The Morgan fingerprint density at radius 3 is 2.54 bits per heavy atom. The Morgan fingerprint density at radius 2 is 1.58 bits per heavy atom. The highest BCUT2D eigenvalue weighted by atomic mass is 32.1. The van der Waals surface area contributed by atoms with Crippen molar-refractivity contribution in [1.29, 1.82) is 0 Å². The third kappa shape index (κ3) is 2.05. The fraction of sp³-hybridized carbons (Fsp3) is 0.130. The van der Waals surface area contributed by atoms with Gasteiger partial charge < -0.3 is 0 Å². The normalized spacial score (nSPS) is 17.3. The van der Waals surface area contributed by atoms with Gasteiger partial charge in [-0.2, -0.15) is 0 Å². The lowest BCUT2D eigenvalue weighted by molar-refractivity contribution is 0.690. The minimum atomic E-state index is 0.532. The Bertz CT molecular complexity index is 1080. The SMILES string of the molecule is C=C1CC(c2cccc3c2sc2ccccc23)Cc2ccccc21. The first-order chi connectivity index (χ1) is 11.8. The molecular weight excluding hydrogens is 308 g/mol. The summed E-state index contributed by atoms with van der Waals surface area (Å²) < 4.78 is 2.84. The smallest absolute Gasteiger partial charge is 0.0390 e. The third-order valence-corrected chi connectivity index (χ3v) is 6.47. The van der Waals surface area contributed by atoms with Gasteiger partial charge in [0.2, 0.25) is 0 Å². The topological polar surface area (TPSA) is 0 Å². The number of hydrogen-bond acceptors (Lipinski definition) is 1. The molecule has 0 saturated carbocycles.